The number of halogens is 1. The van der Waals surface area contributed by atoms with Gasteiger partial charge in [0.15, 0.2) is 10.3 Å². The minimum Gasteiger partial charge on any atom is -0.300 e. The third-order valence-corrected chi connectivity index (χ3v) is 3.57. The molecule has 106 valence electrons. The fraction of sp³-hybridized carbons (Fsp3) is 0.143. The van der Waals surface area contributed by atoms with Crippen LogP contribution in [0, 0.1) is 11.3 Å². The Kier molecular flexibility index (Phi) is 5.14. The Morgan fingerprint density at radius 1 is 1.38 bits per heavy atom. The van der Waals surface area contributed by atoms with E-state index in [0.717, 1.165) is 11.8 Å². The highest BCUT2D eigenvalue weighted by molar-refractivity contribution is 8.13. The normalized spacial score (nSPS) is 10.1. The van der Waals surface area contributed by atoms with Crippen LogP contribution < -0.4 is 5.56 Å². The van der Waals surface area contributed by atoms with Gasteiger partial charge in [-0.2, -0.15) is 5.26 Å². The van der Waals surface area contributed by atoms with Crippen molar-refractivity contribution in [2.75, 3.05) is 5.88 Å². The van der Waals surface area contributed by atoms with Gasteiger partial charge in [0.25, 0.3) is 5.56 Å². The minimum atomic E-state index is -0.562. The molecule has 0 saturated heterocycles. The minimum absolute atomic E-state index is 0.0738. The van der Waals surface area contributed by atoms with Crippen LogP contribution in [0.5, 0.6) is 0 Å². The second-order valence-electron chi connectivity index (χ2n) is 3.99. The number of thioether (sulfide) groups is 1. The van der Waals surface area contributed by atoms with E-state index in [9.17, 15) is 9.59 Å². The lowest BCUT2D eigenvalue weighted by Crippen LogP contribution is -2.15. The molecule has 0 atom stereocenters. The number of aromatic amines is 1. The third-order valence-electron chi connectivity index (χ3n) is 2.57. The fourth-order valence-corrected chi connectivity index (χ4v) is 2.63. The third kappa shape index (κ3) is 3.72. The Bertz CT molecular complexity index is 753. The summed E-state index contributed by atoms with van der Waals surface area (Å²) in [6.45, 7) is 0. The standard InChI is InChI=1S/C14H10ClN3O2S/c15-7-6-11(19)21-14-17-12(9-4-2-1-3-5-9)10(8-16)13(20)18-14/h1-5H,6-7H2,(H,17,18,20). The molecule has 0 bridgehead atoms. The van der Waals surface area contributed by atoms with Gasteiger partial charge in [-0.25, -0.2) is 4.98 Å². The number of carbonyl (C=O) groups excluding carboxylic acids is 1. The zero-order valence-electron chi connectivity index (χ0n) is 10.8. The summed E-state index contributed by atoms with van der Waals surface area (Å²) >= 11 is 6.31. The molecule has 2 aromatic rings. The van der Waals surface area contributed by atoms with Gasteiger partial charge in [0.1, 0.15) is 11.6 Å². The largest absolute Gasteiger partial charge is 0.300 e. The molecule has 0 aliphatic heterocycles. The van der Waals surface area contributed by atoms with Gasteiger partial charge in [0.05, 0.1) is 5.69 Å². The lowest BCUT2D eigenvalue weighted by molar-refractivity contribution is -0.110. The smallest absolute Gasteiger partial charge is 0.270 e. The molecular weight excluding hydrogens is 310 g/mol. The Balaban J connectivity index is 2.49. The van der Waals surface area contributed by atoms with E-state index < -0.39 is 5.56 Å². The van der Waals surface area contributed by atoms with E-state index in [1.807, 2.05) is 12.1 Å². The zero-order valence-corrected chi connectivity index (χ0v) is 12.4. The van der Waals surface area contributed by atoms with Crippen LogP contribution in [-0.4, -0.2) is 21.0 Å². The highest BCUT2D eigenvalue weighted by atomic mass is 35.5. The van der Waals surface area contributed by atoms with Gasteiger partial charge >= 0.3 is 0 Å². The van der Waals surface area contributed by atoms with Crippen molar-refractivity contribution >= 4 is 28.5 Å². The highest BCUT2D eigenvalue weighted by Crippen LogP contribution is 2.22. The van der Waals surface area contributed by atoms with Gasteiger partial charge in [0.2, 0.25) is 0 Å². The van der Waals surface area contributed by atoms with Crippen molar-refractivity contribution in [2.45, 2.75) is 11.6 Å². The van der Waals surface area contributed by atoms with Crippen molar-refractivity contribution in [3.8, 4) is 17.3 Å². The molecule has 0 amide bonds. The number of H-pyrrole nitrogens is 1. The number of alkyl halides is 1. The van der Waals surface area contributed by atoms with Crippen LogP contribution in [0.4, 0.5) is 0 Å². The molecule has 5 nitrogen and oxygen atoms in total. The van der Waals surface area contributed by atoms with E-state index in [-0.39, 0.29) is 33.8 Å². The first-order valence-corrected chi connectivity index (χ1v) is 7.37. The quantitative estimate of drug-likeness (QED) is 0.531. The Morgan fingerprint density at radius 3 is 2.71 bits per heavy atom. The summed E-state index contributed by atoms with van der Waals surface area (Å²) in [6, 6.07) is 10.7. The van der Waals surface area contributed by atoms with Crippen LogP contribution in [0.25, 0.3) is 11.3 Å². The van der Waals surface area contributed by atoms with Crippen molar-refractivity contribution in [1.29, 1.82) is 5.26 Å². The van der Waals surface area contributed by atoms with E-state index in [2.05, 4.69) is 9.97 Å². The maximum atomic E-state index is 11.9. The molecule has 0 fully saturated rings. The molecule has 7 heteroatoms. The highest BCUT2D eigenvalue weighted by Gasteiger charge is 2.15. The van der Waals surface area contributed by atoms with Gasteiger partial charge in [-0.15, -0.1) is 11.6 Å². The summed E-state index contributed by atoms with van der Waals surface area (Å²) < 4.78 is 0. The lowest BCUT2D eigenvalue weighted by atomic mass is 10.1. The first kappa shape index (κ1) is 15.3. The van der Waals surface area contributed by atoms with E-state index in [1.54, 1.807) is 24.3 Å². The molecule has 0 unspecified atom stereocenters. The molecule has 0 spiro atoms. The Hall–Kier alpha value is -2.10. The number of aromatic nitrogens is 2. The predicted octanol–water partition coefficient (Wildman–Crippen LogP) is 2.56. The molecule has 1 N–H and O–H groups in total. The summed E-state index contributed by atoms with van der Waals surface area (Å²) in [5, 5.41) is 9.08. The van der Waals surface area contributed by atoms with Gasteiger partial charge in [-0.3, -0.25) is 14.6 Å². The van der Waals surface area contributed by atoms with Gasteiger partial charge in [-0.05, 0) is 11.8 Å². The topological polar surface area (TPSA) is 86.6 Å². The molecule has 0 radical (unpaired) electrons. The predicted molar refractivity (Wildman–Crippen MR) is 81.2 cm³/mol. The summed E-state index contributed by atoms with van der Waals surface area (Å²) in [6.07, 6.45) is 0.177. The molecule has 21 heavy (non-hydrogen) atoms. The maximum absolute atomic E-state index is 11.9. The fourth-order valence-electron chi connectivity index (χ4n) is 1.65. The van der Waals surface area contributed by atoms with Gasteiger partial charge in [-0.1, -0.05) is 30.3 Å². The molecule has 0 aliphatic rings. The number of nitriles is 1. The first-order chi connectivity index (χ1) is 10.2. The monoisotopic (exact) mass is 319 g/mol. The van der Waals surface area contributed by atoms with Crippen LogP contribution in [0.3, 0.4) is 0 Å². The average molecular weight is 320 g/mol. The molecule has 0 saturated carbocycles. The number of rotatable bonds is 4. The van der Waals surface area contributed by atoms with Crippen molar-refractivity contribution in [1.82, 2.24) is 9.97 Å². The maximum Gasteiger partial charge on any atom is 0.270 e. The van der Waals surface area contributed by atoms with Crippen molar-refractivity contribution in [2.24, 2.45) is 0 Å². The number of hydrogen-bond donors (Lipinski definition) is 1. The van der Waals surface area contributed by atoms with Crippen molar-refractivity contribution < 1.29 is 4.79 Å². The molecule has 1 aromatic heterocycles. The second-order valence-corrected chi connectivity index (χ2v) is 5.41. The van der Waals surface area contributed by atoms with Gasteiger partial charge in [0, 0.05) is 17.9 Å². The summed E-state index contributed by atoms with van der Waals surface area (Å²) in [5.41, 5.74) is 0.276. The van der Waals surface area contributed by atoms with Crippen LogP contribution in [-0.2, 0) is 4.79 Å². The Labute approximate surface area is 130 Å². The van der Waals surface area contributed by atoms with E-state index in [1.165, 1.54) is 0 Å². The summed E-state index contributed by atoms with van der Waals surface area (Å²) in [4.78, 5) is 30.2. The SMILES string of the molecule is N#Cc1c(-c2ccccc2)nc(SC(=O)CCCl)[nH]c1=O. The average Bonchev–Trinajstić information content (AvgIpc) is 2.48. The number of benzene rings is 1. The first-order valence-electron chi connectivity index (χ1n) is 6.02. The number of carbonyl (C=O) groups is 1. The van der Waals surface area contributed by atoms with Gasteiger partial charge < -0.3 is 0 Å². The summed E-state index contributed by atoms with van der Waals surface area (Å²) in [5.74, 6) is 0.206. The molecule has 1 heterocycles. The van der Waals surface area contributed by atoms with Crippen LogP contribution in [0.15, 0.2) is 40.3 Å². The lowest BCUT2D eigenvalue weighted by Gasteiger charge is -2.05. The Morgan fingerprint density at radius 2 is 2.10 bits per heavy atom. The van der Waals surface area contributed by atoms with Crippen LogP contribution in [0.1, 0.15) is 12.0 Å². The van der Waals surface area contributed by atoms with E-state index in [4.69, 9.17) is 16.9 Å². The van der Waals surface area contributed by atoms with Crippen LogP contribution in [0.2, 0.25) is 0 Å². The van der Waals surface area contributed by atoms with E-state index in [0.29, 0.717) is 5.56 Å². The second kappa shape index (κ2) is 7.07. The van der Waals surface area contributed by atoms with E-state index >= 15 is 0 Å². The van der Waals surface area contributed by atoms with Crippen LogP contribution >= 0.6 is 23.4 Å². The molecular formula is C14H10ClN3O2S. The van der Waals surface area contributed by atoms with Crippen molar-refractivity contribution in [3.05, 3.63) is 46.2 Å². The molecule has 1 aromatic carbocycles. The number of hydrogen-bond acceptors (Lipinski definition) is 5. The number of nitrogens with zero attached hydrogens (tertiary/aromatic N) is 2. The molecule has 2 rings (SSSR count). The summed E-state index contributed by atoms with van der Waals surface area (Å²) in [7, 11) is 0. The van der Waals surface area contributed by atoms with Crippen molar-refractivity contribution in [3.63, 3.8) is 0 Å². The number of nitrogens with one attached hydrogen (secondary N) is 1. The zero-order chi connectivity index (χ0) is 15.2. The molecule has 0 aliphatic carbocycles.